The van der Waals surface area contributed by atoms with Crippen molar-refractivity contribution in [3.63, 3.8) is 0 Å². The van der Waals surface area contributed by atoms with Gasteiger partial charge in [-0.05, 0) is 26.0 Å². The first-order valence-electron chi connectivity index (χ1n) is 7.14. The quantitative estimate of drug-likeness (QED) is 0.776. The lowest BCUT2D eigenvalue weighted by Crippen LogP contribution is -2.16. The van der Waals surface area contributed by atoms with Gasteiger partial charge in [-0.25, -0.2) is 4.98 Å². The van der Waals surface area contributed by atoms with Crippen LogP contribution in [0.4, 0.5) is 5.69 Å². The van der Waals surface area contributed by atoms with E-state index in [-0.39, 0.29) is 23.4 Å². The molecule has 1 N–H and O–H groups in total. The zero-order valence-corrected chi connectivity index (χ0v) is 14.6. The van der Waals surface area contributed by atoms with Crippen molar-refractivity contribution < 1.29 is 14.3 Å². The van der Waals surface area contributed by atoms with Gasteiger partial charge in [-0.15, -0.1) is 23.1 Å². The summed E-state index contributed by atoms with van der Waals surface area (Å²) in [7, 11) is 0. The largest absolute Gasteiger partial charge is 0.465 e. The van der Waals surface area contributed by atoms with Crippen molar-refractivity contribution in [2.75, 3.05) is 23.4 Å². The standard InChI is InChI=1S/C16H18N2O3S2/c1-3-21-16(20)10-22-9-15(19)18-13-6-4-5-12(7-13)14-8-23-11(2)17-14/h4-8H,3,9-10H2,1-2H3,(H,18,19). The van der Waals surface area contributed by atoms with E-state index in [1.807, 2.05) is 36.6 Å². The molecular formula is C16H18N2O3S2. The minimum absolute atomic E-state index is 0.147. The van der Waals surface area contributed by atoms with Crippen molar-refractivity contribution in [1.82, 2.24) is 4.98 Å². The fraction of sp³-hybridized carbons (Fsp3) is 0.312. The molecule has 0 aliphatic heterocycles. The van der Waals surface area contributed by atoms with Gasteiger partial charge in [0, 0.05) is 16.6 Å². The third-order valence-corrected chi connectivity index (χ3v) is 4.50. The van der Waals surface area contributed by atoms with Gasteiger partial charge in [-0.1, -0.05) is 12.1 Å². The van der Waals surface area contributed by atoms with Gasteiger partial charge in [0.1, 0.15) is 0 Å². The summed E-state index contributed by atoms with van der Waals surface area (Å²) in [5.74, 6) is -0.0600. The number of esters is 1. The average Bonchev–Trinajstić information content (AvgIpc) is 2.94. The molecule has 2 rings (SSSR count). The highest BCUT2D eigenvalue weighted by Gasteiger charge is 2.08. The highest BCUT2D eigenvalue weighted by Crippen LogP contribution is 2.24. The first kappa shape index (κ1) is 17.5. The van der Waals surface area contributed by atoms with Crippen molar-refractivity contribution >= 4 is 40.7 Å². The Balaban J connectivity index is 1.88. The van der Waals surface area contributed by atoms with Crippen LogP contribution in [0.15, 0.2) is 29.6 Å². The molecule has 0 saturated heterocycles. The molecule has 1 amide bonds. The number of hydrogen-bond donors (Lipinski definition) is 1. The Morgan fingerprint density at radius 3 is 2.87 bits per heavy atom. The smallest absolute Gasteiger partial charge is 0.315 e. The van der Waals surface area contributed by atoms with Gasteiger partial charge in [0.05, 0.1) is 28.8 Å². The maximum absolute atomic E-state index is 11.9. The zero-order chi connectivity index (χ0) is 16.7. The Bertz CT molecular complexity index is 685. The topological polar surface area (TPSA) is 68.3 Å². The molecule has 0 aliphatic rings. The van der Waals surface area contributed by atoms with Gasteiger partial charge in [-0.2, -0.15) is 0 Å². The van der Waals surface area contributed by atoms with E-state index in [2.05, 4.69) is 10.3 Å². The van der Waals surface area contributed by atoms with Gasteiger partial charge in [0.25, 0.3) is 0 Å². The van der Waals surface area contributed by atoms with E-state index in [0.29, 0.717) is 6.61 Å². The predicted molar refractivity (Wildman–Crippen MR) is 94.9 cm³/mol. The van der Waals surface area contributed by atoms with Crippen molar-refractivity contribution in [3.05, 3.63) is 34.7 Å². The Labute approximate surface area is 143 Å². The summed E-state index contributed by atoms with van der Waals surface area (Å²) >= 11 is 2.83. The lowest BCUT2D eigenvalue weighted by molar-refractivity contribution is -0.139. The third kappa shape index (κ3) is 5.69. The van der Waals surface area contributed by atoms with Crippen molar-refractivity contribution in [2.45, 2.75) is 13.8 Å². The molecule has 0 bridgehead atoms. The van der Waals surface area contributed by atoms with E-state index >= 15 is 0 Å². The van der Waals surface area contributed by atoms with Gasteiger partial charge < -0.3 is 10.1 Å². The van der Waals surface area contributed by atoms with Crippen LogP contribution in [-0.4, -0.2) is 35.0 Å². The summed E-state index contributed by atoms with van der Waals surface area (Å²) in [5, 5.41) is 5.82. The van der Waals surface area contributed by atoms with E-state index in [4.69, 9.17) is 4.74 Å². The van der Waals surface area contributed by atoms with Gasteiger partial charge in [0.15, 0.2) is 0 Å². The van der Waals surface area contributed by atoms with Crippen LogP contribution in [0.1, 0.15) is 11.9 Å². The molecule has 0 atom stereocenters. The molecule has 2 aromatic rings. The fourth-order valence-corrected chi connectivity index (χ4v) is 3.11. The van der Waals surface area contributed by atoms with Gasteiger partial charge >= 0.3 is 5.97 Å². The number of nitrogens with zero attached hydrogens (tertiary/aromatic N) is 1. The number of nitrogens with one attached hydrogen (secondary N) is 1. The molecule has 0 saturated carbocycles. The average molecular weight is 350 g/mol. The number of anilines is 1. The summed E-state index contributed by atoms with van der Waals surface area (Å²) in [5.41, 5.74) is 2.58. The number of aryl methyl sites for hydroxylation is 1. The summed E-state index contributed by atoms with van der Waals surface area (Å²) in [4.78, 5) is 27.5. The number of carbonyl (C=O) groups excluding carboxylic acids is 2. The first-order valence-corrected chi connectivity index (χ1v) is 9.17. The highest BCUT2D eigenvalue weighted by molar-refractivity contribution is 8.00. The van der Waals surface area contributed by atoms with Crippen molar-refractivity contribution in [2.24, 2.45) is 0 Å². The number of rotatable bonds is 7. The number of carbonyl (C=O) groups is 2. The van der Waals surface area contributed by atoms with E-state index in [0.717, 1.165) is 22.0 Å². The number of amides is 1. The van der Waals surface area contributed by atoms with Crippen LogP contribution in [0.25, 0.3) is 11.3 Å². The summed E-state index contributed by atoms with van der Waals surface area (Å²) in [6, 6.07) is 7.56. The van der Waals surface area contributed by atoms with Crippen molar-refractivity contribution in [1.29, 1.82) is 0 Å². The highest BCUT2D eigenvalue weighted by atomic mass is 32.2. The van der Waals surface area contributed by atoms with Crippen LogP contribution in [-0.2, 0) is 14.3 Å². The normalized spacial score (nSPS) is 10.3. The third-order valence-electron chi connectivity index (χ3n) is 2.82. The Morgan fingerprint density at radius 2 is 2.17 bits per heavy atom. The lowest BCUT2D eigenvalue weighted by atomic mass is 10.1. The molecule has 0 unspecified atom stereocenters. The Kier molecular flexibility index (Phi) is 6.61. The number of benzene rings is 1. The zero-order valence-electron chi connectivity index (χ0n) is 13.0. The van der Waals surface area contributed by atoms with Crippen LogP contribution in [0.2, 0.25) is 0 Å². The Hall–Kier alpha value is -1.86. The molecule has 0 fully saturated rings. The molecule has 5 nitrogen and oxygen atoms in total. The predicted octanol–water partition coefficient (Wildman–Crippen LogP) is 3.35. The van der Waals surface area contributed by atoms with Gasteiger partial charge in [-0.3, -0.25) is 9.59 Å². The number of aromatic nitrogens is 1. The molecule has 23 heavy (non-hydrogen) atoms. The van der Waals surface area contributed by atoms with Crippen LogP contribution < -0.4 is 5.32 Å². The van der Waals surface area contributed by atoms with Crippen LogP contribution in [0.3, 0.4) is 0 Å². The minimum atomic E-state index is -0.300. The van der Waals surface area contributed by atoms with Crippen molar-refractivity contribution in [3.8, 4) is 11.3 Å². The second kappa shape index (κ2) is 8.69. The summed E-state index contributed by atoms with van der Waals surface area (Å²) < 4.78 is 4.81. The first-order chi connectivity index (χ1) is 11.1. The second-order valence-corrected chi connectivity index (χ2v) is 6.73. The summed E-state index contributed by atoms with van der Waals surface area (Å²) in [6.45, 7) is 4.07. The molecule has 1 aromatic heterocycles. The van der Waals surface area contributed by atoms with Gasteiger partial charge in [0.2, 0.25) is 5.91 Å². The van der Waals surface area contributed by atoms with E-state index in [9.17, 15) is 9.59 Å². The second-order valence-electron chi connectivity index (χ2n) is 4.68. The molecule has 1 heterocycles. The molecule has 7 heteroatoms. The van der Waals surface area contributed by atoms with Crippen LogP contribution >= 0.6 is 23.1 Å². The molecule has 0 aliphatic carbocycles. The monoisotopic (exact) mass is 350 g/mol. The molecule has 122 valence electrons. The maximum Gasteiger partial charge on any atom is 0.315 e. The number of thiazole rings is 1. The number of ether oxygens (including phenoxy) is 1. The fourth-order valence-electron chi connectivity index (χ4n) is 1.88. The molecule has 0 spiro atoms. The number of hydrogen-bond acceptors (Lipinski definition) is 6. The Morgan fingerprint density at radius 1 is 1.35 bits per heavy atom. The lowest BCUT2D eigenvalue weighted by Gasteiger charge is -2.06. The van der Waals surface area contributed by atoms with E-state index in [1.54, 1.807) is 18.3 Å². The SMILES string of the molecule is CCOC(=O)CSCC(=O)Nc1cccc(-c2csc(C)n2)c1. The summed E-state index contributed by atoms with van der Waals surface area (Å²) in [6.07, 6.45) is 0. The van der Waals surface area contributed by atoms with Crippen LogP contribution in [0, 0.1) is 6.92 Å². The van der Waals surface area contributed by atoms with E-state index in [1.165, 1.54) is 11.8 Å². The van der Waals surface area contributed by atoms with Crippen LogP contribution in [0.5, 0.6) is 0 Å². The molecular weight excluding hydrogens is 332 g/mol. The number of thioether (sulfide) groups is 1. The maximum atomic E-state index is 11.9. The minimum Gasteiger partial charge on any atom is -0.465 e. The molecule has 1 aromatic carbocycles. The van der Waals surface area contributed by atoms with E-state index < -0.39 is 0 Å². The molecule has 0 radical (unpaired) electrons.